The molecular weight excluding hydrogens is 218 g/mol. The van der Waals surface area contributed by atoms with Gasteiger partial charge in [-0.15, -0.1) is 0 Å². The fourth-order valence-corrected chi connectivity index (χ4v) is 3.37. The highest BCUT2D eigenvalue weighted by Gasteiger charge is 2.31. The fraction of sp³-hybridized carbons (Fsp3) is 1.00. The molecule has 1 fully saturated rings. The molecule has 18 heavy (non-hydrogen) atoms. The number of nitrogens with one attached hydrogen (secondary N) is 1. The third-order valence-electron chi connectivity index (χ3n) is 4.74. The summed E-state index contributed by atoms with van der Waals surface area (Å²) in [5, 5.41) is 3.80. The van der Waals surface area contributed by atoms with Crippen LogP contribution in [0.1, 0.15) is 73.1 Å². The van der Waals surface area contributed by atoms with Crippen LogP contribution in [0.3, 0.4) is 0 Å². The van der Waals surface area contributed by atoms with Gasteiger partial charge >= 0.3 is 0 Å². The van der Waals surface area contributed by atoms with Gasteiger partial charge < -0.3 is 5.32 Å². The van der Waals surface area contributed by atoms with Crippen molar-refractivity contribution in [2.45, 2.75) is 79.2 Å². The molecule has 0 bridgehead atoms. The van der Waals surface area contributed by atoms with Crippen molar-refractivity contribution in [3.63, 3.8) is 0 Å². The van der Waals surface area contributed by atoms with E-state index in [0.717, 1.165) is 29.7 Å². The van der Waals surface area contributed by atoms with Crippen LogP contribution in [0.15, 0.2) is 0 Å². The van der Waals surface area contributed by atoms with Crippen LogP contribution >= 0.6 is 0 Å². The summed E-state index contributed by atoms with van der Waals surface area (Å²) in [4.78, 5) is 0. The van der Waals surface area contributed by atoms with E-state index >= 15 is 0 Å². The van der Waals surface area contributed by atoms with Crippen molar-refractivity contribution in [3.8, 4) is 0 Å². The Labute approximate surface area is 115 Å². The molecule has 0 saturated heterocycles. The lowest BCUT2D eigenvalue weighted by molar-refractivity contribution is 0.155. The van der Waals surface area contributed by atoms with Gasteiger partial charge in [-0.2, -0.15) is 0 Å². The summed E-state index contributed by atoms with van der Waals surface area (Å²) in [6, 6.07) is 0.804. The first-order valence-corrected chi connectivity index (χ1v) is 8.27. The third-order valence-corrected chi connectivity index (χ3v) is 4.74. The largest absolute Gasteiger partial charge is 0.314 e. The van der Waals surface area contributed by atoms with E-state index in [2.05, 4.69) is 39.9 Å². The first kappa shape index (κ1) is 16.0. The zero-order valence-electron chi connectivity index (χ0n) is 13.3. The standard InChI is InChI=1S/C17H35N/c1-6-11-18-17-10-9-15(14(4)5)12-16(17)8-7-13(2)3/h13-18H,6-12H2,1-5H3. The Morgan fingerprint density at radius 3 is 2.39 bits per heavy atom. The fourth-order valence-electron chi connectivity index (χ4n) is 3.37. The Morgan fingerprint density at radius 2 is 1.83 bits per heavy atom. The lowest BCUT2D eigenvalue weighted by Crippen LogP contribution is -2.42. The van der Waals surface area contributed by atoms with Gasteiger partial charge in [-0.1, -0.05) is 41.0 Å². The van der Waals surface area contributed by atoms with Crippen LogP contribution in [0.25, 0.3) is 0 Å². The number of hydrogen-bond donors (Lipinski definition) is 1. The summed E-state index contributed by atoms with van der Waals surface area (Å²) in [7, 11) is 0. The van der Waals surface area contributed by atoms with Crippen LogP contribution < -0.4 is 5.32 Å². The van der Waals surface area contributed by atoms with Gasteiger partial charge in [0.2, 0.25) is 0 Å². The first-order valence-electron chi connectivity index (χ1n) is 8.27. The Kier molecular flexibility index (Phi) is 7.29. The Balaban J connectivity index is 2.49. The van der Waals surface area contributed by atoms with Gasteiger partial charge in [-0.05, 0) is 62.3 Å². The second-order valence-electron chi connectivity index (χ2n) is 7.11. The zero-order valence-corrected chi connectivity index (χ0v) is 13.3. The van der Waals surface area contributed by atoms with E-state index in [1.54, 1.807) is 0 Å². The summed E-state index contributed by atoms with van der Waals surface area (Å²) >= 11 is 0. The van der Waals surface area contributed by atoms with Gasteiger partial charge in [-0.3, -0.25) is 0 Å². The maximum atomic E-state index is 3.80. The first-order chi connectivity index (χ1) is 8.54. The van der Waals surface area contributed by atoms with Crippen molar-refractivity contribution >= 4 is 0 Å². The van der Waals surface area contributed by atoms with E-state index in [-0.39, 0.29) is 0 Å². The molecule has 108 valence electrons. The van der Waals surface area contributed by atoms with E-state index < -0.39 is 0 Å². The van der Waals surface area contributed by atoms with Crippen molar-refractivity contribution in [2.24, 2.45) is 23.7 Å². The molecule has 1 rings (SSSR count). The minimum Gasteiger partial charge on any atom is -0.314 e. The maximum Gasteiger partial charge on any atom is 0.00955 e. The molecule has 3 atom stereocenters. The highest BCUT2D eigenvalue weighted by atomic mass is 14.9. The van der Waals surface area contributed by atoms with E-state index in [4.69, 9.17) is 0 Å². The van der Waals surface area contributed by atoms with Gasteiger partial charge in [0.05, 0.1) is 0 Å². The van der Waals surface area contributed by atoms with E-state index in [9.17, 15) is 0 Å². The van der Waals surface area contributed by atoms with Crippen molar-refractivity contribution in [2.75, 3.05) is 6.54 Å². The molecule has 0 radical (unpaired) electrons. The number of hydrogen-bond acceptors (Lipinski definition) is 1. The molecular formula is C17H35N. The Hall–Kier alpha value is -0.0400. The average molecular weight is 253 g/mol. The van der Waals surface area contributed by atoms with Crippen molar-refractivity contribution in [1.29, 1.82) is 0 Å². The Bertz CT molecular complexity index is 210. The zero-order chi connectivity index (χ0) is 13.5. The molecule has 0 amide bonds. The molecule has 0 aromatic heterocycles. The van der Waals surface area contributed by atoms with Crippen molar-refractivity contribution < 1.29 is 0 Å². The van der Waals surface area contributed by atoms with Gasteiger partial charge in [-0.25, -0.2) is 0 Å². The predicted molar refractivity (Wildman–Crippen MR) is 81.8 cm³/mol. The Morgan fingerprint density at radius 1 is 1.11 bits per heavy atom. The lowest BCUT2D eigenvalue weighted by Gasteiger charge is -2.39. The SMILES string of the molecule is CCCNC1CCC(C(C)C)CC1CCC(C)C. The molecule has 1 aliphatic rings. The molecule has 0 aliphatic heterocycles. The highest BCUT2D eigenvalue weighted by molar-refractivity contribution is 4.86. The molecule has 1 saturated carbocycles. The van der Waals surface area contributed by atoms with Crippen LogP contribution in [0.4, 0.5) is 0 Å². The molecule has 0 aromatic rings. The van der Waals surface area contributed by atoms with Gasteiger partial charge in [0.1, 0.15) is 0 Å². The molecule has 0 aromatic carbocycles. The van der Waals surface area contributed by atoms with Crippen LogP contribution in [0, 0.1) is 23.7 Å². The number of rotatable bonds is 7. The smallest absolute Gasteiger partial charge is 0.00955 e. The highest BCUT2D eigenvalue weighted by Crippen LogP contribution is 2.36. The molecule has 1 aliphatic carbocycles. The van der Waals surface area contributed by atoms with Crippen LogP contribution in [-0.2, 0) is 0 Å². The third kappa shape index (κ3) is 5.30. The molecule has 1 heteroatoms. The molecule has 1 nitrogen and oxygen atoms in total. The monoisotopic (exact) mass is 253 g/mol. The topological polar surface area (TPSA) is 12.0 Å². The molecule has 3 unspecified atom stereocenters. The van der Waals surface area contributed by atoms with Crippen molar-refractivity contribution in [3.05, 3.63) is 0 Å². The van der Waals surface area contributed by atoms with E-state index in [1.165, 1.54) is 45.1 Å². The second-order valence-corrected chi connectivity index (χ2v) is 7.11. The van der Waals surface area contributed by atoms with Gasteiger partial charge in [0, 0.05) is 6.04 Å². The van der Waals surface area contributed by atoms with E-state index in [1.807, 2.05) is 0 Å². The summed E-state index contributed by atoms with van der Waals surface area (Å²) in [5.74, 6) is 3.64. The lowest BCUT2D eigenvalue weighted by atomic mass is 9.71. The molecule has 0 spiro atoms. The van der Waals surface area contributed by atoms with Crippen LogP contribution in [-0.4, -0.2) is 12.6 Å². The maximum absolute atomic E-state index is 3.80. The molecule has 1 N–H and O–H groups in total. The predicted octanol–water partition coefficient (Wildman–Crippen LogP) is 4.86. The molecule has 0 heterocycles. The quantitative estimate of drug-likeness (QED) is 0.683. The summed E-state index contributed by atoms with van der Waals surface area (Å²) < 4.78 is 0. The minimum atomic E-state index is 0.804. The second kappa shape index (κ2) is 8.19. The normalized spacial score (nSPS) is 29.2. The van der Waals surface area contributed by atoms with Crippen molar-refractivity contribution in [1.82, 2.24) is 5.32 Å². The van der Waals surface area contributed by atoms with E-state index in [0.29, 0.717) is 0 Å². The minimum absolute atomic E-state index is 0.804. The van der Waals surface area contributed by atoms with Crippen LogP contribution in [0.5, 0.6) is 0 Å². The summed E-state index contributed by atoms with van der Waals surface area (Å²) in [5.41, 5.74) is 0. The van der Waals surface area contributed by atoms with Gasteiger partial charge in [0.15, 0.2) is 0 Å². The average Bonchev–Trinajstić information content (AvgIpc) is 2.33. The van der Waals surface area contributed by atoms with Gasteiger partial charge in [0.25, 0.3) is 0 Å². The summed E-state index contributed by atoms with van der Waals surface area (Å²) in [6.45, 7) is 13.0. The van der Waals surface area contributed by atoms with Crippen LogP contribution in [0.2, 0.25) is 0 Å². The summed E-state index contributed by atoms with van der Waals surface area (Å²) in [6.07, 6.45) is 8.41.